The van der Waals surface area contributed by atoms with Crippen molar-refractivity contribution in [3.8, 4) is 0 Å². The van der Waals surface area contributed by atoms with Crippen molar-refractivity contribution in [2.75, 3.05) is 6.54 Å². The molecule has 25 heavy (non-hydrogen) atoms. The van der Waals surface area contributed by atoms with Gasteiger partial charge in [0.05, 0.1) is 28.9 Å². The molecule has 7 heteroatoms. The van der Waals surface area contributed by atoms with Gasteiger partial charge in [0.2, 0.25) is 5.91 Å². The van der Waals surface area contributed by atoms with Crippen LogP contribution in [-0.2, 0) is 27.5 Å². The number of rotatable bonds is 5. The van der Waals surface area contributed by atoms with Crippen LogP contribution in [0.25, 0.3) is 10.2 Å². The second-order valence-corrected chi connectivity index (χ2v) is 7.05. The van der Waals surface area contributed by atoms with Crippen molar-refractivity contribution in [2.45, 2.75) is 19.6 Å². The molecule has 0 aliphatic carbocycles. The molecule has 4 rings (SSSR count). The number of nitrogens with zero attached hydrogens (tertiary/aromatic N) is 2. The molecule has 3 heterocycles. The summed E-state index contributed by atoms with van der Waals surface area (Å²) in [5.74, 6) is -0.137. The summed E-state index contributed by atoms with van der Waals surface area (Å²) in [5.41, 5.74) is 0.902. The normalized spacial score (nSPS) is 17.4. The molecule has 2 aromatic heterocycles. The molecular formula is C18H16N2O4S. The number of likely N-dealkylation sites (tertiary alicyclic amines) is 1. The fraction of sp³-hybridized carbons (Fsp3) is 0.278. The Balaban J connectivity index is 1.34. The number of para-hydroxylation sites is 1. The van der Waals surface area contributed by atoms with E-state index in [1.54, 1.807) is 17.2 Å². The highest BCUT2D eigenvalue weighted by atomic mass is 32.1. The first-order valence-corrected chi connectivity index (χ1v) is 8.82. The number of thiazole rings is 1. The van der Waals surface area contributed by atoms with Crippen molar-refractivity contribution in [1.82, 2.24) is 9.88 Å². The summed E-state index contributed by atoms with van der Waals surface area (Å²) in [7, 11) is 0. The number of ether oxygens (including phenoxy) is 1. The molecule has 1 fully saturated rings. The topological polar surface area (TPSA) is 72.6 Å². The summed E-state index contributed by atoms with van der Waals surface area (Å²) in [5, 5.41) is 0.756. The van der Waals surface area contributed by atoms with Gasteiger partial charge in [0.1, 0.15) is 17.4 Å². The van der Waals surface area contributed by atoms with Crippen molar-refractivity contribution in [3.63, 3.8) is 0 Å². The maximum absolute atomic E-state index is 12.3. The number of furan rings is 1. The second kappa shape index (κ2) is 6.68. The van der Waals surface area contributed by atoms with Crippen LogP contribution in [-0.4, -0.2) is 28.3 Å². The van der Waals surface area contributed by atoms with Crippen LogP contribution < -0.4 is 0 Å². The molecular weight excluding hydrogens is 340 g/mol. The van der Waals surface area contributed by atoms with Gasteiger partial charge in [-0.2, -0.15) is 0 Å². The minimum absolute atomic E-state index is 0.0571. The smallest absolute Gasteiger partial charge is 0.311 e. The number of carbonyl (C=O) groups excluding carboxylic acids is 2. The van der Waals surface area contributed by atoms with Crippen LogP contribution in [0.3, 0.4) is 0 Å². The zero-order valence-electron chi connectivity index (χ0n) is 13.4. The number of fused-ring (bicyclic) bond motifs is 1. The second-order valence-electron chi connectivity index (χ2n) is 5.94. The summed E-state index contributed by atoms with van der Waals surface area (Å²) < 4.78 is 11.7. The number of hydrogen-bond donors (Lipinski definition) is 0. The third kappa shape index (κ3) is 3.41. The lowest BCUT2D eigenvalue weighted by atomic mass is 10.1. The number of carbonyl (C=O) groups is 2. The van der Waals surface area contributed by atoms with Crippen molar-refractivity contribution in [2.24, 2.45) is 5.92 Å². The lowest BCUT2D eigenvalue weighted by molar-refractivity contribution is -0.149. The SMILES string of the molecule is O=C(OCc1nc2ccccc2s1)[C@H]1CC(=O)N(Cc2ccco2)C1. The van der Waals surface area contributed by atoms with E-state index in [-0.39, 0.29) is 24.9 Å². The summed E-state index contributed by atoms with van der Waals surface area (Å²) in [4.78, 5) is 30.4. The summed E-state index contributed by atoms with van der Waals surface area (Å²) >= 11 is 1.51. The Hall–Kier alpha value is -2.67. The van der Waals surface area contributed by atoms with Crippen LogP contribution in [0.15, 0.2) is 47.1 Å². The largest absolute Gasteiger partial charge is 0.467 e. The summed E-state index contributed by atoms with van der Waals surface area (Å²) in [6.45, 7) is 0.882. The van der Waals surface area contributed by atoms with Gasteiger partial charge in [-0.1, -0.05) is 12.1 Å². The lowest BCUT2D eigenvalue weighted by Gasteiger charge is -2.14. The molecule has 0 bridgehead atoms. The van der Waals surface area contributed by atoms with E-state index in [0.717, 1.165) is 15.2 Å². The van der Waals surface area contributed by atoms with E-state index in [2.05, 4.69) is 4.98 Å². The van der Waals surface area contributed by atoms with Gasteiger partial charge in [-0.15, -0.1) is 11.3 Å². The minimum atomic E-state index is -0.433. The van der Waals surface area contributed by atoms with Crippen molar-refractivity contribution >= 4 is 33.4 Å². The minimum Gasteiger partial charge on any atom is -0.467 e. The molecule has 128 valence electrons. The Labute approximate surface area is 148 Å². The number of hydrogen-bond acceptors (Lipinski definition) is 6. The molecule has 0 N–H and O–H groups in total. The molecule has 1 saturated heterocycles. The lowest BCUT2D eigenvalue weighted by Crippen LogP contribution is -2.26. The quantitative estimate of drug-likeness (QED) is 0.657. The first-order valence-electron chi connectivity index (χ1n) is 8.00. The van der Waals surface area contributed by atoms with Gasteiger partial charge in [-0.25, -0.2) is 4.98 Å². The average molecular weight is 356 g/mol. The predicted octanol–water partition coefficient (Wildman–Crippen LogP) is 2.98. The third-order valence-electron chi connectivity index (χ3n) is 4.15. The molecule has 0 radical (unpaired) electrons. The molecule has 6 nitrogen and oxygen atoms in total. The Kier molecular flexibility index (Phi) is 4.23. The first kappa shape index (κ1) is 15.8. The van der Waals surface area contributed by atoms with E-state index in [0.29, 0.717) is 18.8 Å². The van der Waals surface area contributed by atoms with Gasteiger partial charge in [0.25, 0.3) is 0 Å². The highest BCUT2D eigenvalue weighted by molar-refractivity contribution is 7.18. The van der Waals surface area contributed by atoms with Crippen molar-refractivity contribution in [1.29, 1.82) is 0 Å². The van der Waals surface area contributed by atoms with E-state index < -0.39 is 5.92 Å². The van der Waals surface area contributed by atoms with Crippen molar-refractivity contribution < 1.29 is 18.7 Å². The Morgan fingerprint density at radius 2 is 2.20 bits per heavy atom. The Morgan fingerprint density at radius 3 is 3.00 bits per heavy atom. The molecule has 1 amide bonds. The van der Waals surface area contributed by atoms with Crippen LogP contribution in [0.4, 0.5) is 0 Å². The summed E-state index contributed by atoms with van der Waals surface area (Å²) in [6.07, 6.45) is 1.75. The van der Waals surface area contributed by atoms with E-state index in [1.165, 1.54) is 11.3 Å². The van der Waals surface area contributed by atoms with Crippen molar-refractivity contribution in [3.05, 3.63) is 53.4 Å². The molecule has 1 aromatic carbocycles. The number of esters is 1. The van der Waals surface area contributed by atoms with Crippen LogP contribution >= 0.6 is 11.3 Å². The molecule has 0 saturated carbocycles. The molecule has 0 unspecified atom stereocenters. The highest BCUT2D eigenvalue weighted by Crippen LogP contribution is 2.24. The molecule has 1 aliphatic heterocycles. The fourth-order valence-electron chi connectivity index (χ4n) is 2.91. The van der Waals surface area contributed by atoms with Crippen LogP contribution in [0, 0.1) is 5.92 Å². The highest BCUT2D eigenvalue weighted by Gasteiger charge is 2.35. The third-order valence-corrected chi connectivity index (χ3v) is 5.16. The van der Waals surface area contributed by atoms with E-state index >= 15 is 0 Å². The van der Waals surface area contributed by atoms with Crippen LogP contribution in [0.1, 0.15) is 17.2 Å². The standard InChI is InChI=1S/C18H16N2O4S/c21-17-8-12(9-20(17)10-13-4-3-7-23-13)18(22)24-11-16-19-14-5-1-2-6-15(14)25-16/h1-7,12H,8-11H2/t12-/m0/s1. The fourth-order valence-corrected chi connectivity index (χ4v) is 3.79. The zero-order chi connectivity index (χ0) is 17.2. The van der Waals surface area contributed by atoms with Gasteiger partial charge in [0.15, 0.2) is 0 Å². The van der Waals surface area contributed by atoms with Crippen LogP contribution in [0.2, 0.25) is 0 Å². The van der Waals surface area contributed by atoms with E-state index in [1.807, 2.05) is 30.3 Å². The molecule has 0 spiro atoms. The van der Waals surface area contributed by atoms with Gasteiger partial charge >= 0.3 is 5.97 Å². The molecule has 1 aliphatic rings. The maximum atomic E-state index is 12.3. The average Bonchev–Trinajstić information content (AvgIpc) is 3.33. The van der Waals surface area contributed by atoms with Gasteiger partial charge in [-0.3, -0.25) is 9.59 Å². The van der Waals surface area contributed by atoms with E-state index in [4.69, 9.17) is 9.15 Å². The number of benzene rings is 1. The van der Waals surface area contributed by atoms with E-state index in [9.17, 15) is 9.59 Å². The maximum Gasteiger partial charge on any atom is 0.311 e. The predicted molar refractivity (Wildman–Crippen MR) is 91.6 cm³/mol. The van der Waals surface area contributed by atoms with Gasteiger partial charge in [0, 0.05) is 13.0 Å². The van der Waals surface area contributed by atoms with Gasteiger partial charge < -0.3 is 14.1 Å². The number of aromatic nitrogens is 1. The van der Waals surface area contributed by atoms with Gasteiger partial charge in [-0.05, 0) is 24.3 Å². The number of amides is 1. The Morgan fingerprint density at radius 1 is 1.32 bits per heavy atom. The monoisotopic (exact) mass is 356 g/mol. The molecule has 1 atom stereocenters. The van der Waals surface area contributed by atoms with Crippen LogP contribution in [0.5, 0.6) is 0 Å². The zero-order valence-corrected chi connectivity index (χ0v) is 14.2. The Bertz CT molecular complexity index is 870. The molecule has 3 aromatic rings. The first-order chi connectivity index (χ1) is 12.2. The summed E-state index contributed by atoms with van der Waals surface area (Å²) in [6, 6.07) is 11.4.